The van der Waals surface area contributed by atoms with Crippen LogP contribution in [0.1, 0.15) is 31.4 Å². The van der Waals surface area contributed by atoms with E-state index in [1.807, 2.05) is 30.3 Å². The number of ether oxygens (including phenoxy) is 3. The van der Waals surface area contributed by atoms with E-state index in [2.05, 4.69) is 34.6 Å². The Hall–Kier alpha value is -2.20. The number of hydrogen-bond acceptors (Lipinski definition) is 5. The maximum atomic E-state index is 5.42. The van der Waals surface area contributed by atoms with Crippen LogP contribution in [0.15, 0.2) is 47.5 Å². The largest absolute Gasteiger partial charge is 0.497 e. The molecule has 8 heteroatoms. The number of halogens is 1. The first-order valence-corrected chi connectivity index (χ1v) is 10.8. The number of rotatable bonds is 9. The van der Waals surface area contributed by atoms with E-state index in [0.717, 1.165) is 37.0 Å². The maximum absolute atomic E-state index is 5.42. The van der Waals surface area contributed by atoms with E-state index in [0.29, 0.717) is 18.0 Å². The van der Waals surface area contributed by atoms with Gasteiger partial charge in [-0.2, -0.15) is 0 Å². The van der Waals surface area contributed by atoms with E-state index in [-0.39, 0.29) is 30.0 Å². The summed E-state index contributed by atoms with van der Waals surface area (Å²) in [5.41, 5.74) is 2.15. The van der Waals surface area contributed by atoms with Gasteiger partial charge in [0.15, 0.2) is 17.5 Å². The van der Waals surface area contributed by atoms with Gasteiger partial charge in [0.1, 0.15) is 5.75 Å². The van der Waals surface area contributed by atoms with Crippen molar-refractivity contribution in [3.63, 3.8) is 0 Å². The van der Waals surface area contributed by atoms with Crippen molar-refractivity contribution >= 4 is 35.6 Å². The van der Waals surface area contributed by atoms with E-state index in [9.17, 15) is 0 Å². The zero-order chi connectivity index (χ0) is 22.1. The predicted octanol–water partition coefficient (Wildman–Crippen LogP) is 4.54. The van der Waals surface area contributed by atoms with Gasteiger partial charge in [-0.1, -0.05) is 12.1 Å². The van der Waals surface area contributed by atoms with Crippen molar-refractivity contribution in [2.45, 2.75) is 25.8 Å². The summed E-state index contributed by atoms with van der Waals surface area (Å²) >= 11 is 0. The number of likely N-dealkylation sites (tertiary alicyclic amines) is 1. The molecule has 0 spiro atoms. The maximum Gasteiger partial charge on any atom is 0.195 e. The predicted molar refractivity (Wildman–Crippen MR) is 141 cm³/mol. The lowest BCUT2D eigenvalue weighted by Gasteiger charge is -2.27. The minimum atomic E-state index is 0. The van der Waals surface area contributed by atoms with Crippen molar-refractivity contribution in [1.29, 1.82) is 0 Å². The van der Waals surface area contributed by atoms with Crippen LogP contribution < -0.4 is 24.8 Å². The van der Waals surface area contributed by atoms with E-state index in [4.69, 9.17) is 19.2 Å². The molecule has 0 saturated carbocycles. The van der Waals surface area contributed by atoms with Gasteiger partial charge in [0.05, 0.1) is 33.9 Å². The van der Waals surface area contributed by atoms with E-state index in [1.165, 1.54) is 18.4 Å². The molecule has 3 rings (SSSR count). The Morgan fingerprint density at radius 3 is 2.25 bits per heavy atom. The third kappa shape index (κ3) is 6.90. The Kier molecular flexibility index (Phi) is 10.9. The summed E-state index contributed by atoms with van der Waals surface area (Å²) in [6.45, 7) is 5.70. The van der Waals surface area contributed by atoms with Crippen LogP contribution in [0.3, 0.4) is 0 Å². The molecular formula is C24H35IN4O3. The fourth-order valence-corrected chi connectivity index (χ4v) is 3.85. The van der Waals surface area contributed by atoms with Crippen LogP contribution in [-0.4, -0.2) is 58.4 Å². The molecule has 0 radical (unpaired) electrons. The smallest absolute Gasteiger partial charge is 0.195 e. The standard InChI is InChI=1S/C24H34N4O3.HI/c1-5-25-24(27-19-10-13-22(30-3)23(16-19)31-4)26-17-21(28-14-6-7-15-28)18-8-11-20(29-2)12-9-18;/h8-13,16,21H,5-7,14-15,17H2,1-4H3,(H2,25,26,27);1H. The molecule has 1 heterocycles. The minimum Gasteiger partial charge on any atom is -0.497 e. The van der Waals surface area contributed by atoms with Gasteiger partial charge in [-0.15, -0.1) is 24.0 Å². The molecule has 2 aromatic carbocycles. The third-order valence-corrected chi connectivity index (χ3v) is 5.49. The fourth-order valence-electron chi connectivity index (χ4n) is 3.85. The molecule has 1 saturated heterocycles. The molecule has 7 nitrogen and oxygen atoms in total. The van der Waals surface area contributed by atoms with Crippen LogP contribution in [0, 0.1) is 0 Å². The molecule has 1 fully saturated rings. The van der Waals surface area contributed by atoms with Crippen LogP contribution in [0.25, 0.3) is 0 Å². The molecule has 1 atom stereocenters. The van der Waals surface area contributed by atoms with Gasteiger partial charge in [0.25, 0.3) is 0 Å². The molecule has 1 aliphatic rings. The van der Waals surface area contributed by atoms with Crippen LogP contribution in [0.4, 0.5) is 5.69 Å². The molecule has 1 aliphatic heterocycles. The summed E-state index contributed by atoms with van der Waals surface area (Å²) in [5, 5.41) is 6.73. The van der Waals surface area contributed by atoms with Crippen molar-refractivity contribution in [2.75, 3.05) is 52.8 Å². The molecule has 0 amide bonds. The normalized spacial score (nSPS) is 14.9. The summed E-state index contributed by atoms with van der Waals surface area (Å²) in [4.78, 5) is 7.44. The highest BCUT2D eigenvalue weighted by Crippen LogP contribution is 2.30. The number of nitrogens with one attached hydrogen (secondary N) is 2. The molecule has 0 bridgehead atoms. The number of methoxy groups -OCH3 is 3. The van der Waals surface area contributed by atoms with Crippen molar-refractivity contribution in [3.8, 4) is 17.2 Å². The summed E-state index contributed by atoms with van der Waals surface area (Å²) in [5.74, 6) is 2.99. The van der Waals surface area contributed by atoms with Gasteiger partial charge in [-0.05, 0) is 62.7 Å². The van der Waals surface area contributed by atoms with E-state index in [1.54, 1.807) is 21.3 Å². The first kappa shape index (κ1) is 26.1. The van der Waals surface area contributed by atoms with Gasteiger partial charge in [0.2, 0.25) is 0 Å². The Labute approximate surface area is 208 Å². The number of hydrogen-bond donors (Lipinski definition) is 2. The lowest BCUT2D eigenvalue weighted by Crippen LogP contribution is -2.33. The molecule has 2 N–H and O–H groups in total. The average molecular weight is 554 g/mol. The molecule has 32 heavy (non-hydrogen) atoms. The van der Waals surface area contributed by atoms with Crippen LogP contribution in [-0.2, 0) is 0 Å². The Morgan fingerprint density at radius 1 is 0.969 bits per heavy atom. The number of anilines is 1. The third-order valence-electron chi connectivity index (χ3n) is 5.49. The lowest BCUT2D eigenvalue weighted by atomic mass is 10.1. The van der Waals surface area contributed by atoms with Crippen molar-refractivity contribution in [3.05, 3.63) is 48.0 Å². The highest BCUT2D eigenvalue weighted by atomic mass is 127. The van der Waals surface area contributed by atoms with Gasteiger partial charge in [-0.3, -0.25) is 9.89 Å². The monoisotopic (exact) mass is 554 g/mol. The fraction of sp³-hybridized carbons (Fsp3) is 0.458. The van der Waals surface area contributed by atoms with Crippen molar-refractivity contribution in [2.24, 2.45) is 4.99 Å². The molecule has 0 aromatic heterocycles. The molecule has 2 aromatic rings. The molecule has 1 unspecified atom stereocenters. The van der Waals surface area contributed by atoms with Crippen molar-refractivity contribution < 1.29 is 14.2 Å². The zero-order valence-corrected chi connectivity index (χ0v) is 21.7. The van der Waals surface area contributed by atoms with Gasteiger partial charge in [0, 0.05) is 18.3 Å². The second-order valence-corrected chi connectivity index (χ2v) is 7.45. The Bertz CT molecular complexity index is 855. The molecule has 176 valence electrons. The van der Waals surface area contributed by atoms with Crippen LogP contribution in [0.5, 0.6) is 17.2 Å². The first-order valence-electron chi connectivity index (χ1n) is 10.8. The first-order chi connectivity index (χ1) is 15.2. The second-order valence-electron chi connectivity index (χ2n) is 7.45. The van der Waals surface area contributed by atoms with Crippen LogP contribution in [0.2, 0.25) is 0 Å². The second kappa shape index (κ2) is 13.4. The highest BCUT2D eigenvalue weighted by Gasteiger charge is 2.23. The average Bonchev–Trinajstić information content (AvgIpc) is 3.34. The van der Waals surface area contributed by atoms with E-state index < -0.39 is 0 Å². The SMILES string of the molecule is CCNC(=NCC(c1ccc(OC)cc1)N1CCCC1)Nc1ccc(OC)c(OC)c1.I. The topological polar surface area (TPSA) is 67.4 Å². The number of nitrogens with zero attached hydrogens (tertiary/aromatic N) is 2. The highest BCUT2D eigenvalue weighted by molar-refractivity contribution is 14.0. The molecular weight excluding hydrogens is 519 g/mol. The summed E-state index contributed by atoms with van der Waals surface area (Å²) in [6, 6.07) is 14.3. The number of benzene rings is 2. The quantitative estimate of drug-likeness (QED) is 0.270. The molecule has 0 aliphatic carbocycles. The zero-order valence-electron chi connectivity index (χ0n) is 19.4. The van der Waals surface area contributed by atoms with Gasteiger partial charge in [-0.25, -0.2) is 0 Å². The van der Waals surface area contributed by atoms with E-state index >= 15 is 0 Å². The minimum absolute atomic E-state index is 0. The summed E-state index contributed by atoms with van der Waals surface area (Å²) in [7, 11) is 4.96. The van der Waals surface area contributed by atoms with Gasteiger partial charge >= 0.3 is 0 Å². The van der Waals surface area contributed by atoms with Gasteiger partial charge < -0.3 is 24.8 Å². The Morgan fingerprint density at radius 2 is 1.66 bits per heavy atom. The number of guanidine groups is 1. The lowest BCUT2D eigenvalue weighted by molar-refractivity contribution is 0.251. The van der Waals surface area contributed by atoms with Crippen molar-refractivity contribution in [1.82, 2.24) is 10.2 Å². The summed E-state index contributed by atoms with van der Waals surface area (Å²) in [6.07, 6.45) is 2.47. The Balaban J connectivity index is 0.00000363. The van der Waals surface area contributed by atoms with Crippen LogP contribution >= 0.6 is 24.0 Å². The number of aliphatic imine (C=N–C) groups is 1. The summed E-state index contributed by atoms with van der Waals surface area (Å²) < 4.78 is 16.1.